The molecule has 1 saturated heterocycles. The van der Waals surface area contributed by atoms with Crippen molar-refractivity contribution >= 4 is 5.91 Å². The SMILES string of the molecule is NCCC1CCN(C(=O)C2CCC2)CC1. The molecule has 0 atom stereocenters. The molecule has 0 spiro atoms. The molecule has 1 aliphatic heterocycles. The number of carbonyl (C=O) groups is 1. The zero-order valence-electron chi connectivity index (χ0n) is 9.45. The minimum Gasteiger partial charge on any atom is -0.342 e. The second-order valence-corrected chi connectivity index (χ2v) is 4.97. The molecule has 2 rings (SSSR count). The molecule has 0 aromatic heterocycles. The molecule has 0 aromatic carbocycles. The normalized spacial score (nSPS) is 23.9. The van der Waals surface area contributed by atoms with Gasteiger partial charge in [-0.15, -0.1) is 0 Å². The van der Waals surface area contributed by atoms with Gasteiger partial charge in [-0.05, 0) is 44.6 Å². The third-order valence-electron chi connectivity index (χ3n) is 3.96. The molecule has 15 heavy (non-hydrogen) atoms. The van der Waals surface area contributed by atoms with E-state index in [0.29, 0.717) is 11.8 Å². The summed E-state index contributed by atoms with van der Waals surface area (Å²) < 4.78 is 0. The van der Waals surface area contributed by atoms with Crippen molar-refractivity contribution in [1.82, 2.24) is 4.90 Å². The van der Waals surface area contributed by atoms with Crippen LogP contribution in [0.3, 0.4) is 0 Å². The number of carbonyl (C=O) groups excluding carboxylic acids is 1. The molecule has 3 heteroatoms. The molecule has 2 aliphatic rings. The maximum Gasteiger partial charge on any atom is 0.225 e. The zero-order valence-corrected chi connectivity index (χ0v) is 9.45. The first kappa shape index (κ1) is 10.9. The number of hydrogen-bond donors (Lipinski definition) is 1. The Morgan fingerprint density at radius 1 is 1.20 bits per heavy atom. The zero-order chi connectivity index (χ0) is 10.7. The van der Waals surface area contributed by atoms with E-state index in [-0.39, 0.29) is 0 Å². The van der Waals surface area contributed by atoms with Crippen LogP contribution in [0.15, 0.2) is 0 Å². The van der Waals surface area contributed by atoms with Crippen molar-refractivity contribution in [3.63, 3.8) is 0 Å². The Balaban J connectivity index is 1.74. The second-order valence-electron chi connectivity index (χ2n) is 4.97. The molecule has 1 aliphatic carbocycles. The van der Waals surface area contributed by atoms with Gasteiger partial charge in [-0.25, -0.2) is 0 Å². The van der Waals surface area contributed by atoms with E-state index < -0.39 is 0 Å². The number of piperidine rings is 1. The lowest BCUT2D eigenvalue weighted by Crippen LogP contribution is -2.43. The average Bonchev–Trinajstić information content (AvgIpc) is 2.16. The van der Waals surface area contributed by atoms with Crippen LogP contribution in [-0.2, 0) is 4.79 Å². The number of rotatable bonds is 3. The first-order chi connectivity index (χ1) is 7.31. The van der Waals surface area contributed by atoms with Gasteiger partial charge in [0.15, 0.2) is 0 Å². The fourth-order valence-corrected chi connectivity index (χ4v) is 2.59. The Morgan fingerprint density at radius 3 is 2.33 bits per heavy atom. The maximum absolute atomic E-state index is 11.9. The molecule has 2 N–H and O–H groups in total. The Kier molecular flexibility index (Phi) is 3.62. The highest BCUT2D eigenvalue weighted by atomic mass is 16.2. The van der Waals surface area contributed by atoms with Crippen molar-refractivity contribution in [2.75, 3.05) is 19.6 Å². The van der Waals surface area contributed by atoms with Gasteiger partial charge in [0, 0.05) is 19.0 Å². The highest BCUT2D eigenvalue weighted by Gasteiger charge is 2.31. The van der Waals surface area contributed by atoms with Crippen LogP contribution in [0.5, 0.6) is 0 Å². The maximum atomic E-state index is 11.9. The van der Waals surface area contributed by atoms with Gasteiger partial charge < -0.3 is 10.6 Å². The first-order valence-corrected chi connectivity index (χ1v) is 6.30. The van der Waals surface area contributed by atoms with Crippen molar-refractivity contribution in [2.24, 2.45) is 17.6 Å². The van der Waals surface area contributed by atoms with Gasteiger partial charge in [0.1, 0.15) is 0 Å². The van der Waals surface area contributed by atoms with E-state index in [2.05, 4.69) is 4.90 Å². The molecule has 86 valence electrons. The van der Waals surface area contributed by atoms with Gasteiger partial charge in [0.2, 0.25) is 5.91 Å². The number of likely N-dealkylation sites (tertiary alicyclic amines) is 1. The topological polar surface area (TPSA) is 46.3 Å². The number of hydrogen-bond acceptors (Lipinski definition) is 2. The van der Waals surface area contributed by atoms with Crippen LogP contribution in [-0.4, -0.2) is 30.4 Å². The Hall–Kier alpha value is -0.570. The summed E-state index contributed by atoms with van der Waals surface area (Å²) in [5.74, 6) is 1.56. The molecule has 0 bridgehead atoms. The van der Waals surface area contributed by atoms with Gasteiger partial charge in [-0.1, -0.05) is 6.42 Å². The highest BCUT2D eigenvalue weighted by Crippen LogP contribution is 2.30. The Labute approximate surface area is 92.0 Å². The standard InChI is InChI=1S/C12H22N2O/c13-7-4-10-5-8-14(9-6-10)12(15)11-2-1-3-11/h10-11H,1-9,13H2. The predicted octanol–water partition coefficient (Wildman–Crippen LogP) is 1.37. The van der Waals surface area contributed by atoms with Gasteiger partial charge in [-0.3, -0.25) is 4.79 Å². The van der Waals surface area contributed by atoms with Crippen molar-refractivity contribution in [1.29, 1.82) is 0 Å². The van der Waals surface area contributed by atoms with E-state index in [9.17, 15) is 4.79 Å². The monoisotopic (exact) mass is 210 g/mol. The minimum atomic E-state index is 0.371. The van der Waals surface area contributed by atoms with Crippen LogP contribution in [0.2, 0.25) is 0 Å². The molecule has 3 nitrogen and oxygen atoms in total. The Morgan fingerprint density at radius 2 is 1.87 bits per heavy atom. The average molecular weight is 210 g/mol. The second kappa shape index (κ2) is 4.97. The van der Waals surface area contributed by atoms with Crippen LogP contribution in [0, 0.1) is 11.8 Å². The van der Waals surface area contributed by atoms with Crippen molar-refractivity contribution in [3.8, 4) is 0 Å². The summed E-state index contributed by atoms with van der Waals surface area (Å²) in [7, 11) is 0. The third kappa shape index (κ3) is 2.51. The summed E-state index contributed by atoms with van der Waals surface area (Å²) in [5, 5.41) is 0. The molecular weight excluding hydrogens is 188 g/mol. The molecule has 0 radical (unpaired) electrons. The summed E-state index contributed by atoms with van der Waals surface area (Å²) >= 11 is 0. The van der Waals surface area contributed by atoms with Crippen LogP contribution in [0.1, 0.15) is 38.5 Å². The van der Waals surface area contributed by atoms with E-state index in [1.165, 1.54) is 6.42 Å². The number of amides is 1. The summed E-state index contributed by atoms with van der Waals surface area (Å²) in [5.41, 5.74) is 5.55. The Bertz CT molecular complexity index is 218. The van der Waals surface area contributed by atoms with Crippen LogP contribution in [0.25, 0.3) is 0 Å². The van der Waals surface area contributed by atoms with E-state index in [1.807, 2.05) is 0 Å². The molecule has 0 unspecified atom stereocenters. The third-order valence-corrected chi connectivity index (χ3v) is 3.96. The largest absolute Gasteiger partial charge is 0.342 e. The predicted molar refractivity (Wildman–Crippen MR) is 60.3 cm³/mol. The van der Waals surface area contributed by atoms with Crippen LogP contribution < -0.4 is 5.73 Å². The van der Waals surface area contributed by atoms with Crippen LogP contribution in [0.4, 0.5) is 0 Å². The first-order valence-electron chi connectivity index (χ1n) is 6.30. The molecule has 1 saturated carbocycles. The fourth-order valence-electron chi connectivity index (χ4n) is 2.59. The summed E-state index contributed by atoms with van der Waals surface area (Å²) in [6.45, 7) is 2.74. The molecule has 1 amide bonds. The highest BCUT2D eigenvalue weighted by molar-refractivity contribution is 5.79. The van der Waals surface area contributed by atoms with E-state index in [1.54, 1.807) is 0 Å². The lowest BCUT2D eigenvalue weighted by atomic mass is 9.83. The fraction of sp³-hybridized carbons (Fsp3) is 0.917. The van der Waals surface area contributed by atoms with Crippen molar-refractivity contribution in [3.05, 3.63) is 0 Å². The molecule has 2 fully saturated rings. The lowest BCUT2D eigenvalue weighted by Gasteiger charge is -2.36. The van der Waals surface area contributed by atoms with Gasteiger partial charge in [-0.2, -0.15) is 0 Å². The quantitative estimate of drug-likeness (QED) is 0.765. The van der Waals surface area contributed by atoms with Crippen molar-refractivity contribution < 1.29 is 4.79 Å². The van der Waals surface area contributed by atoms with Gasteiger partial charge in [0.05, 0.1) is 0 Å². The summed E-state index contributed by atoms with van der Waals surface area (Å²) in [6, 6.07) is 0. The van der Waals surface area contributed by atoms with Crippen LogP contribution >= 0.6 is 0 Å². The molecule has 0 aromatic rings. The van der Waals surface area contributed by atoms with E-state index in [4.69, 9.17) is 5.73 Å². The molecular formula is C12H22N2O. The number of nitrogens with zero attached hydrogens (tertiary/aromatic N) is 1. The van der Waals surface area contributed by atoms with E-state index in [0.717, 1.165) is 57.7 Å². The number of nitrogens with two attached hydrogens (primary N) is 1. The molecule has 1 heterocycles. The van der Waals surface area contributed by atoms with Crippen molar-refractivity contribution in [2.45, 2.75) is 38.5 Å². The van der Waals surface area contributed by atoms with E-state index >= 15 is 0 Å². The van der Waals surface area contributed by atoms with Gasteiger partial charge in [0.25, 0.3) is 0 Å². The minimum absolute atomic E-state index is 0.371. The van der Waals surface area contributed by atoms with Gasteiger partial charge >= 0.3 is 0 Å². The summed E-state index contributed by atoms with van der Waals surface area (Å²) in [6.07, 6.45) is 6.96. The lowest BCUT2D eigenvalue weighted by molar-refractivity contribution is -0.139. The smallest absolute Gasteiger partial charge is 0.225 e. The summed E-state index contributed by atoms with van der Waals surface area (Å²) in [4.78, 5) is 14.0.